The molecule has 0 aromatic carbocycles. The molecule has 0 fully saturated rings. The second-order valence-corrected chi connectivity index (χ2v) is 2.24. The zero-order valence-corrected chi connectivity index (χ0v) is 7.16. The molecule has 0 spiro atoms. The van der Waals surface area contributed by atoms with Gasteiger partial charge in [0.1, 0.15) is 0 Å². The number of hydrogen-bond donors (Lipinski definition) is 6. The van der Waals surface area contributed by atoms with E-state index in [4.69, 9.17) is 25.5 Å². The highest BCUT2D eigenvalue weighted by atomic mass is 35.5. The first kappa shape index (κ1) is 14.6. The minimum Gasteiger partial charge on any atom is -0.394 e. The van der Waals surface area contributed by atoms with E-state index in [0.717, 1.165) is 0 Å². The van der Waals surface area contributed by atoms with Crippen LogP contribution in [0.5, 0.6) is 0 Å². The van der Waals surface area contributed by atoms with Crippen molar-refractivity contribution < 1.29 is 25.5 Å². The minimum absolute atomic E-state index is 0. The molecule has 0 aromatic heterocycles. The van der Waals surface area contributed by atoms with Gasteiger partial charge in [-0.3, -0.25) is 0 Å². The van der Waals surface area contributed by atoms with Gasteiger partial charge in [-0.1, -0.05) is 0 Å². The van der Waals surface area contributed by atoms with Crippen molar-refractivity contribution in [2.45, 2.75) is 12.1 Å². The third kappa shape index (κ3) is 10.0. The van der Waals surface area contributed by atoms with Gasteiger partial charge in [0.15, 0.2) is 0 Å². The van der Waals surface area contributed by atoms with Gasteiger partial charge in [-0.05, 0) is 0 Å². The number of halogens is 1. The molecule has 0 aliphatic carbocycles. The van der Waals surface area contributed by atoms with Crippen LogP contribution < -0.4 is 5.32 Å². The fourth-order valence-electron chi connectivity index (χ4n) is 0.471. The molecule has 7 heteroatoms. The summed E-state index contributed by atoms with van der Waals surface area (Å²) >= 11 is 0. The van der Waals surface area contributed by atoms with Gasteiger partial charge in [-0.15, -0.1) is 12.4 Å². The molecule has 0 saturated heterocycles. The molecular formula is C5H14ClNO5. The van der Waals surface area contributed by atoms with E-state index in [2.05, 4.69) is 5.32 Å². The van der Waals surface area contributed by atoms with Gasteiger partial charge < -0.3 is 30.8 Å². The summed E-state index contributed by atoms with van der Waals surface area (Å²) in [5.41, 5.74) is 0. The van der Waals surface area contributed by atoms with Crippen molar-refractivity contribution in [2.24, 2.45) is 0 Å². The molecule has 1 atom stereocenters. The molecule has 12 heavy (non-hydrogen) atoms. The van der Waals surface area contributed by atoms with Crippen molar-refractivity contribution in [3.63, 3.8) is 0 Å². The summed E-state index contributed by atoms with van der Waals surface area (Å²) in [4.78, 5) is 0. The summed E-state index contributed by atoms with van der Waals surface area (Å²) < 4.78 is 0. The Labute approximate surface area is 75.9 Å². The maximum atomic E-state index is 8.70. The Hall–Kier alpha value is 0.0500. The van der Waals surface area contributed by atoms with Gasteiger partial charge in [0.2, 0.25) is 0 Å². The summed E-state index contributed by atoms with van der Waals surface area (Å²) in [6.45, 7) is -0.910. The highest BCUT2D eigenvalue weighted by molar-refractivity contribution is 5.85. The molecule has 0 amide bonds. The van der Waals surface area contributed by atoms with Crippen molar-refractivity contribution in [2.75, 3.05) is 19.7 Å². The monoisotopic (exact) mass is 203 g/mol. The number of nitrogens with one attached hydrogen (secondary N) is 1. The lowest BCUT2D eigenvalue weighted by Crippen LogP contribution is -2.43. The Morgan fingerprint density at radius 2 is 1.75 bits per heavy atom. The Kier molecular flexibility index (Phi) is 7.96. The molecular weight excluding hydrogens is 190 g/mol. The van der Waals surface area contributed by atoms with E-state index >= 15 is 0 Å². The highest BCUT2D eigenvalue weighted by Crippen LogP contribution is 1.87. The normalized spacial score (nSPS) is 13.8. The lowest BCUT2D eigenvalue weighted by molar-refractivity contribution is -0.306. The molecule has 6 N–H and O–H groups in total. The maximum Gasteiger partial charge on any atom is 0.288 e. The summed E-state index contributed by atoms with van der Waals surface area (Å²) in [5, 5.41) is 44.2. The summed E-state index contributed by atoms with van der Waals surface area (Å²) in [7, 11) is 0. The first-order chi connectivity index (χ1) is 4.95. The predicted octanol–water partition coefficient (Wildman–Crippen LogP) is -3.02. The van der Waals surface area contributed by atoms with Crippen LogP contribution in [0.25, 0.3) is 0 Å². The molecule has 0 aliphatic heterocycles. The van der Waals surface area contributed by atoms with Crippen LogP contribution in [0.15, 0.2) is 0 Å². The van der Waals surface area contributed by atoms with E-state index < -0.39 is 25.2 Å². The van der Waals surface area contributed by atoms with Crippen molar-refractivity contribution in [3.8, 4) is 0 Å². The minimum atomic E-state index is -2.77. The fourth-order valence-corrected chi connectivity index (χ4v) is 0.471. The van der Waals surface area contributed by atoms with Crippen LogP contribution in [0.3, 0.4) is 0 Å². The third-order valence-corrected chi connectivity index (χ3v) is 0.953. The zero-order chi connectivity index (χ0) is 8.91. The van der Waals surface area contributed by atoms with Gasteiger partial charge in [-0.2, -0.15) is 0 Å². The number of aliphatic hydroxyl groups is 5. The van der Waals surface area contributed by atoms with E-state index in [-0.39, 0.29) is 19.0 Å². The average Bonchev–Trinajstić information content (AvgIpc) is 1.85. The van der Waals surface area contributed by atoms with E-state index in [1.807, 2.05) is 0 Å². The van der Waals surface area contributed by atoms with Crippen molar-refractivity contribution in [3.05, 3.63) is 0 Å². The van der Waals surface area contributed by atoms with Crippen molar-refractivity contribution >= 4 is 12.4 Å². The van der Waals surface area contributed by atoms with Gasteiger partial charge in [0.05, 0.1) is 19.3 Å². The van der Waals surface area contributed by atoms with E-state index in [0.29, 0.717) is 0 Å². The summed E-state index contributed by atoms with van der Waals surface area (Å²) in [6, 6.07) is 0. The summed E-state index contributed by atoms with van der Waals surface area (Å²) in [6.07, 6.45) is -0.961. The molecule has 1 unspecified atom stereocenters. The van der Waals surface area contributed by atoms with Crippen LogP contribution in [0.2, 0.25) is 0 Å². The summed E-state index contributed by atoms with van der Waals surface area (Å²) in [5.74, 6) is -2.77. The number of hydrogen-bond acceptors (Lipinski definition) is 6. The van der Waals surface area contributed by atoms with Crippen LogP contribution in [0, 0.1) is 0 Å². The highest BCUT2D eigenvalue weighted by Gasteiger charge is 2.17. The van der Waals surface area contributed by atoms with Crippen molar-refractivity contribution in [1.82, 2.24) is 5.32 Å². The van der Waals surface area contributed by atoms with Crippen LogP contribution in [0.4, 0.5) is 0 Å². The largest absolute Gasteiger partial charge is 0.394 e. The van der Waals surface area contributed by atoms with Gasteiger partial charge >= 0.3 is 0 Å². The smallest absolute Gasteiger partial charge is 0.288 e. The lowest BCUT2D eigenvalue weighted by Gasteiger charge is -2.15. The Morgan fingerprint density at radius 1 is 1.25 bits per heavy atom. The zero-order valence-electron chi connectivity index (χ0n) is 6.34. The Balaban J connectivity index is 0. The quantitative estimate of drug-likeness (QED) is 0.265. The van der Waals surface area contributed by atoms with Crippen LogP contribution in [-0.4, -0.2) is 57.3 Å². The Morgan fingerprint density at radius 3 is 2.08 bits per heavy atom. The molecule has 0 aromatic rings. The molecule has 76 valence electrons. The topological polar surface area (TPSA) is 113 Å². The molecule has 6 nitrogen and oxygen atoms in total. The molecule has 0 rings (SSSR count). The fraction of sp³-hybridized carbons (Fsp3) is 1.00. The van der Waals surface area contributed by atoms with Gasteiger partial charge in [0.25, 0.3) is 5.97 Å². The van der Waals surface area contributed by atoms with Gasteiger partial charge in [-0.25, -0.2) is 0 Å². The van der Waals surface area contributed by atoms with Gasteiger partial charge in [0, 0.05) is 6.54 Å². The first-order valence-corrected chi connectivity index (χ1v) is 3.12. The second kappa shape index (κ2) is 6.55. The average molecular weight is 204 g/mol. The first-order valence-electron chi connectivity index (χ1n) is 3.12. The van der Waals surface area contributed by atoms with Crippen LogP contribution in [0.1, 0.15) is 0 Å². The second-order valence-electron chi connectivity index (χ2n) is 2.24. The molecule has 0 heterocycles. The number of rotatable bonds is 5. The SMILES string of the molecule is Cl.OCC(O)CNCC(O)(O)O. The standard InChI is InChI=1S/C5H13NO5.ClH/c7-2-4(8)1-6-3-5(9,10)11;/h4,6-11H,1-3H2;1H. The van der Waals surface area contributed by atoms with Crippen LogP contribution >= 0.6 is 12.4 Å². The molecule has 0 saturated carbocycles. The van der Waals surface area contributed by atoms with E-state index in [1.54, 1.807) is 0 Å². The molecule has 0 bridgehead atoms. The van der Waals surface area contributed by atoms with Crippen molar-refractivity contribution in [1.29, 1.82) is 0 Å². The van der Waals surface area contributed by atoms with E-state index in [1.165, 1.54) is 0 Å². The maximum absolute atomic E-state index is 8.70. The molecule has 0 aliphatic rings. The van der Waals surface area contributed by atoms with Crippen LogP contribution in [-0.2, 0) is 0 Å². The van der Waals surface area contributed by atoms with E-state index in [9.17, 15) is 0 Å². The third-order valence-electron chi connectivity index (χ3n) is 0.953. The predicted molar refractivity (Wildman–Crippen MR) is 42.6 cm³/mol. The Bertz CT molecular complexity index is 107. The molecule has 0 radical (unpaired) electrons. The number of aliphatic hydroxyl groups excluding tert-OH is 2. The lowest BCUT2D eigenvalue weighted by atomic mass is 10.4.